The number of aromatic nitrogens is 1. The summed E-state index contributed by atoms with van der Waals surface area (Å²) in [6, 6.07) is 7.23. The van der Waals surface area contributed by atoms with Crippen LogP contribution in [0.1, 0.15) is 45.2 Å². The number of hydrogen-bond acceptors (Lipinski definition) is 4. The lowest BCUT2D eigenvalue weighted by atomic mass is 9.83. The summed E-state index contributed by atoms with van der Waals surface area (Å²) in [5.41, 5.74) is 2.40. The highest BCUT2D eigenvalue weighted by atomic mass is 32.2. The van der Waals surface area contributed by atoms with Crippen LogP contribution in [-0.2, 0) is 22.0 Å². The Morgan fingerprint density at radius 2 is 1.89 bits per heavy atom. The Hall–Kier alpha value is -2.12. The fourth-order valence-electron chi connectivity index (χ4n) is 2.94. The van der Waals surface area contributed by atoms with Gasteiger partial charge in [-0.25, -0.2) is 13.1 Å². The summed E-state index contributed by atoms with van der Waals surface area (Å²) in [4.78, 5) is 15.0. The van der Waals surface area contributed by atoms with Gasteiger partial charge in [-0.1, -0.05) is 27.7 Å². The molecule has 2 N–H and O–H groups in total. The predicted octanol–water partition coefficient (Wildman–Crippen LogP) is 3.18. The first-order chi connectivity index (χ1) is 12.6. The van der Waals surface area contributed by atoms with E-state index >= 15 is 0 Å². The van der Waals surface area contributed by atoms with Crippen molar-refractivity contribution in [3.63, 3.8) is 0 Å². The number of sulfonamides is 1. The second kappa shape index (κ2) is 8.27. The van der Waals surface area contributed by atoms with Crippen LogP contribution < -0.4 is 15.0 Å². The lowest BCUT2D eigenvalue weighted by molar-refractivity contribution is 0.397. The van der Waals surface area contributed by atoms with Gasteiger partial charge in [0.15, 0.2) is 0 Å². The van der Waals surface area contributed by atoms with Gasteiger partial charge >= 0.3 is 0 Å². The van der Waals surface area contributed by atoms with Crippen molar-refractivity contribution in [2.75, 3.05) is 12.9 Å². The third-order valence-corrected chi connectivity index (χ3v) is 5.83. The molecule has 0 spiro atoms. The van der Waals surface area contributed by atoms with Crippen LogP contribution >= 0.6 is 0 Å². The third kappa shape index (κ3) is 5.20. The molecule has 2 rings (SSSR count). The van der Waals surface area contributed by atoms with Gasteiger partial charge in [0.25, 0.3) is 5.56 Å². The third-order valence-electron chi connectivity index (χ3n) is 4.30. The maximum absolute atomic E-state index is 12.4. The topological polar surface area (TPSA) is 88.3 Å². The summed E-state index contributed by atoms with van der Waals surface area (Å²) in [5.74, 6) is 0.731. The van der Waals surface area contributed by atoms with Crippen LogP contribution in [0.25, 0.3) is 11.1 Å². The van der Waals surface area contributed by atoms with Gasteiger partial charge in [-0.05, 0) is 47.2 Å². The van der Waals surface area contributed by atoms with E-state index in [0.29, 0.717) is 28.9 Å². The molecule has 0 fully saturated rings. The zero-order valence-corrected chi connectivity index (χ0v) is 17.4. The Labute approximate surface area is 161 Å². The summed E-state index contributed by atoms with van der Waals surface area (Å²) in [7, 11) is -1.79. The molecule has 0 radical (unpaired) electrons. The second-order valence-corrected chi connectivity index (χ2v) is 9.44. The number of methoxy groups -OCH3 is 1. The molecule has 1 aromatic heterocycles. The van der Waals surface area contributed by atoms with E-state index < -0.39 is 10.0 Å². The fourth-order valence-corrected chi connectivity index (χ4v) is 3.99. The van der Waals surface area contributed by atoms with Crippen molar-refractivity contribution in [1.82, 2.24) is 9.71 Å². The van der Waals surface area contributed by atoms with Crippen molar-refractivity contribution in [3.05, 3.63) is 51.9 Å². The SMILES string of the molecule is CCCS(=O)(=O)NCc1cc(OC)c(C(C)(C)C)cc1-c1ccc[nH]c1=O. The number of hydrogen-bond donors (Lipinski definition) is 2. The number of nitrogens with one attached hydrogen (secondary N) is 2. The van der Waals surface area contributed by atoms with Gasteiger partial charge in [-0.2, -0.15) is 0 Å². The summed E-state index contributed by atoms with van der Waals surface area (Å²) in [5, 5.41) is 0. The van der Waals surface area contributed by atoms with Crippen LogP contribution in [0.4, 0.5) is 0 Å². The minimum Gasteiger partial charge on any atom is -0.496 e. The molecule has 0 atom stereocenters. The lowest BCUT2D eigenvalue weighted by Gasteiger charge is -2.24. The van der Waals surface area contributed by atoms with E-state index in [1.165, 1.54) is 0 Å². The molecule has 0 unspecified atom stereocenters. The molecule has 27 heavy (non-hydrogen) atoms. The van der Waals surface area contributed by atoms with E-state index in [0.717, 1.165) is 5.56 Å². The van der Waals surface area contributed by atoms with E-state index in [4.69, 9.17) is 4.74 Å². The maximum Gasteiger partial charge on any atom is 0.255 e. The minimum absolute atomic E-state index is 0.0610. The molecular formula is C20H28N2O4S. The number of benzene rings is 1. The Balaban J connectivity index is 2.63. The molecule has 0 aliphatic carbocycles. The molecule has 148 valence electrons. The molecule has 1 aromatic carbocycles. The normalized spacial score (nSPS) is 12.2. The molecule has 0 saturated heterocycles. The van der Waals surface area contributed by atoms with Gasteiger partial charge in [0, 0.05) is 23.9 Å². The van der Waals surface area contributed by atoms with E-state index in [1.54, 1.807) is 25.4 Å². The minimum atomic E-state index is -3.37. The Morgan fingerprint density at radius 1 is 1.19 bits per heavy atom. The fraction of sp³-hybridized carbons (Fsp3) is 0.450. The van der Waals surface area contributed by atoms with Crippen molar-refractivity contribution in [1.29, 1.82) is 0 Å². The molecule has 0 aliphatic rings. The van der Waals surface area contributed by atoms with Gasteiger partial charge < -0.3 is 9.72 Å². The molecule has 0 bridgehead atoms. The monoisotopic (exact) mass is 392 g/mol. The second-order valence-electron chi connectivity index (χ2n) is 7.51. The predicted molar refractivity (Wildman–Crippen MR) is 109 cm³/mol. The highest BCUT2D eigenvalue weighted by Gasteiger charge is 2.23. The Morgan fingerprint density at radius 3 is 2.44 bits per heavy atom. The van der Waals surface area contributed by atoms with E-state index in [-0.39, 0.29) is 23.3 Å². The van der Waals surface area contributed by atoms with Crippen LogP contribution in [0, 0.1) is 0 Å². The number of pyridine rings is 1. The van der Waals surface area contributed by atoms with Crippen LogP contribution in [0.15, 0.2) is 35.3 Å². The highest BCUT2D eigenvalue weighted by molar-refractivity contribution is 7.89. The first kappa shape index (κ1) is 21.2. The van der Waals surface area contributed by atoms with Crippen molar-refractivity contribution >= 4 is 10.0 Å². The molecule has 0 saturated carbocycles. The van der Waals surface area contributed by atoms with Gasteiger partial charge in [-0.3, -0.25) is 4.79 Å². The zero-order valence-electron chi connectivity index (χ0n) is 16.5. The maximum atomic E-state index is 12.4. The highest BCUT2D eigenvalue weighted by Crippen LogP contribution is 2.36. The van der Waals surface area contributed by atoms with Crippen LogP contribution in [0.3, 0.4) is 0 Å². The average Bonchev–Trinajstić information content (AvgIpc) is 2.59. The first-order valence-corrected chi connectivity index (χ1v) is 10.6. The number of ether oxygens (including phenoxy) is 1. The van der Waals surface area contributed by atoms with Crippen molar-refractivity contribution in [3.8, 4) is 16.9 Å². The number of aromatic amines is 1. The van der Waals surface area contributed by atoms with Gasteiger partial charge in [0.1, 0.15) is 5.75 Å². The number of H-pyrrole nitrogens is 1. The van der Waals surface area contributed by atoms with Gasteiger partial charge in [0.2, 0.25) is 10.0 Å². The summed E-state index contributed by atoms with van der Waals surface area (Å²) in [6.07, 6.45) is 2.11. The van der Waals surface area contributed by atoms with Crippen molar-refractivity contribution < 1.29 is 13.2 Å². The Bertz CT molecular complexity index is 957. The van der Waals surface area contributed by atoms with Gasteiger partial charge in [-0.15, -0.1) is 0 Å². The van der Waals surface area contributed by atoms with E-state index in [9.17, 15) is 13.2 Å². The molecule has 0 aliphatic heterocycles. The smallest absolute Gasteiger partial charge is 0.255 e. The first-order valence-electron chi connectivity index (χ1n) is 8.96. The Kier molecular flexibility index (Phi) is 6.49. The largest absolute Gasteiger partial charge is 0.496 e. The molecule has 6 nitrogen and oxygen atoms in total. The van der Waals surface area contributed by atoms with E-state index in [2.05, 4.69) is 30.5 Å². The standard InChI is InChI=1S/C20H28N2O4S/c1-6-10-27(24,25)22-13-14-11-18(26-5)17(20(2,3)4)12-16(14)15-8-7-9-21-19(15)23/h7-9,11-12,22H,6,10,13H2,1-5H3,(H,21,23). The summed E-state index contributed by atoms with van der Waals surface area (Å²) >= 11 is 0. The lowest BCUT2D eigenvalue weighted by Crippen LogP contribution is -2.26. The molecule has 0 amide bonds. The zero-order chi connectivity index (χ0) is 20.2. The molecule has 2 aromatic rings. The quantitative estimate of drug-likeness (QED) is 0.757. The van der Waals surface area contributed by atoms with Crippen molar-refractivity contribution in [2.24, 2.45) is 0 Å². The van der Waals surface area contributed by atoms with Gasteiger partial charge in [0.05, 0.1) is 12.9 Å². The summed E-state index contributed by atoms with van der Waals surface area (Å²) < 4.78 is 32.3. The van der Waals surface area contributed by atoms with Crippen LogP contribution in [0.2, 0.25) is 0 Å². The van der Waals surface area contributed by atoms with Crippen LogP contribution in [-0.4, -0.2) is 26.3 Å². The van der Waals surface area contributed by atoms with Crippen molar-refractivity contribution in [2.45, 2.75) is 46.1 Å². The molecule has 7 heteroatoms. The molecule has 1 heterocycles. The average molecular weight is 393 g/mol. The number of rotatable bonds is 7. The van der Waals surface area contributed by atoms with Crippen LogP contribution in [0.5, 0.6) is 5.75 Å². The van der Waals surface area contributed by atoms with E-state index in [1.807, 2.05) is 19.1 Å². The summed E-state index contributed by atoms with van der Waals surface area (Å²) in [6.45, 7) is 8.09. The molecular weight excluding hydrogens is 364 g/mol.